The van der Waals surface area contributed by atoms with Crippen LogP contribution in [0.3, 0.4) is 0 Å². The van der Waals surface area contributed by atoms with E-state index >= 15 is 0 Å². The predicted octanol–water partition coefficient (Wildman–Crippen LogP) is 3.13. The van der Waals surface area contributed by atoms with Crippen LogP contribution >= 0.6 is 0 Å². The first-order valence-corrected chi connectivity index (χ1v) is 7.11. The molecule has 2 aromatic heterocycles. The van der Waals surface area contributed by atoms with E-state index in [1.54, 1.807) is 0 Å². The lowest BCUT2D eigenvalue weighted by molar-refractivity contribution is 0.546. The summed E-state index contributed by atoms with van der Waals surface area (Å²) in [5.74, 6) is 2.46. The van der Waals surface area contributed by atoms with Gasteiger partial charge in [-0.2, -0.15) is 0 Å². The van der Waals surface area contributed by atoms with Crippen LogP contribution in [0.25, 0.3) is 0 Å². The fraction of sp³-hybridized carbons (Fsp3) is 0.438. The van der Waals surface area contributed by atoms with E-state index in [1.165, 1.54) is 0 Å². The molecule has 0 saturated heterocycles. The first kappa shape index (κ1) is 15.2. The molecule has 0 unspecified atom stereocenters. The Kier molecular flexibility index (Phi) is 4.40. The molecule has 0 bridgehead atoms. The SMILES string of the molecule is CNc1cc(NCc2ccc(C)nc2)nc(C(C)(C)C)n1. The van der Waals surface area contributed by atoms with Gasteiger partial charge >= 0.3 is 0 Å². The fourth-order valence-corrected chi connectivity index (χ4v) is 1.80. The third kappa shape index (κ3) is 4.15. The molecule has 2 heterocycles. The minimum Gasteiger partial charge on any atom is -0.373 e. The molecule has 0 aliphatic heterocycles. The molecule has 0 fully saturated rings. The van der Waals surface area contributed by atoms with Crippen LogP contribution in [0, 0.1) is 6.92 Å². The van der Waals surface area contributed by atoms with Crippen molar-refractivity contribution >= 4 is 11.6 Å². The van der Waals surface area contributed by atoms with Crippen LogP contribution in [-0.4, -0.2) is 22.0 Å². The predicted molar refractivity (Wildman–Crippen MR) is 86.6 cm³/mol. The van der Waals surface area contributed by atoms with Crippen LogP contribution in [0.4, 0.5) is 11.6 Å². The zero-order valence-electron chi connectivity index (χ0n) is 13.4. The van der Waals surface area contributed by atoms with Gasteiger partial charge in [-0.25, -0.2) is 9.97 Å². The number of aromatic nitrogens is 3. The van der Waals surface area contributed by atoms with Gasteiger partial charge in [0.2, 0.25) is 0 Å². The molecular weight excluding hydrogens is 262 g/mol. The van der Waals surface area contributed by atoms with Crippen LogP contribution in [0.15, 0.2) is 24.4 Å². The Balaban J connectivity index is 2.17. The number of rotatable bonds is 4. The Hall–Kier alpha value is -2.17. The summed E-state index contributed by atoms with van der Waals surface area (Å²) in [5.41, 5.74) is 2.06. The Morgan fingerprint density at radius 3 is 2.38 bits per heavy atom. The second-order valence-corrected chi connectivity index (χ2v) is 6.12. The Bertz CT molecular complexity index is 599. The van der Waals surface area contributed by atoms with Crippen molar-refractivity contribution in [3.05, 3.63) is 41.5 Å². The average molecular weight is 285 g/mol. The van der Waals surface area contributed by atoms with Crippen molar-refractivity contribution in [1.29, 1.82) is 0 Å². The van der Waals surface area contributed by atoms with Crippen molar-refractivity contribution in [3.8, 4) is 0 Å². The minimum absolute atomic E-state index is 0.0886. The molecule has 2 N–H and O–H groups in total. The highest BCUT2D eigenvalue weighted by Crippen LogP contribution is 2.22. The standard InChI is InChI=1S/C16H23N5/c1-11-6-7-12(9-18-11)10-19-14-8-13(17-5)20-15(21-14)16(2,3)4/h6-9H,10H2,1-5H3,(H2,17,19,20,21). The highest BCUT2D eigenvalue weighted by atomic mass is 15.1. The second-order valence-electron chi connectivity index (χ2n) is 6.12. The summed E-state index contributed by atoms with van der Waals surface area (Å²) in [6.45, 7) is 8.99. The van der Waals surface area contributed by atoms with Crippen molar-refractivity contribution in [2.75, 3.05) is 17.7 Å². The molecule has 2 rings (SSSR count). The molecule has 0 aromatic carbocycles. The van der Waals surface area contributed by atoms with Gasteiger partial charge in [0.1, 0.15) is 17.5 Å². The first-order valence-electron chi connectivity index (χ1n) is 7.11. The molecule has 0 saturated carbocycles. The van der Waals surface area contributed by atoms with Crippen LogP contribution in [0.5, 0.6) is 0 Å². The molecular formula is C16H23N5. The molecule has 0 aliphatic carbocycles. The zero-order chi connectivity index (χ0) is 15.5. The van der Waals surface area contributed by atoms with Gasteiger partial charge in [-0.15, -0.1) is 0 Å². The topological polar surface area (TPSA) is 62.7 Å². The quantitative estimate of drug-likeness (QED) is 0.903. The van der Waals surface area contributed by atoms with Gasteiger partial charge in [-0.3, -0.25) is 4.98 Å². The van der Waals surface area contributed by atoms with Crippen molar-refractivity contribution in [2.45, 2.75) is 39.7 Å². The summed E-state index contributed by atoms with van der Waals surface area (Å²) in [6.07, 6.45) is 1.88. The highest BCUT2D eigenvalue weighted by Gasteiger charge is 2.18. The smallest absolute Gasteiger partial charge is 0.138 e. The van der Waals surface area contributed by atoms with E-state index < -0.39 is 0 Å². The van der Waals surface area contributed by atoms with Crippen molar-refractivity contribution < 1.29 is 0 Å². The van der Waals surface area contributed by atoms with Crippen LogP contribution in [-0.2, 0) is 12.0 Å². The van der Waals surface area contributed by atoms with E-state index in [1.807, 2.05) is 32.3 Å². The third-order valence-corrected chi connectivity index (χ3v) is 3.10. The minimum atomic E-state index is -0.0886. The normalized spacial score (nSPS) is 11.3. The molecule has 0 amide bonds. The summed E-state index contributed by atoms with van der Waals surface area (Å²) in [4.78, 5) is 13.4. The summed E-state index contributed by atoms with van der Waals surface area (Å²) < 4.78 is 0. The highest BCUT2D eigenvalue weighted by molar-refractivity contribution is 5.48. The number of anilines is 2. The summed E-state index contributed by atoms with van der Waals surface area (Å²) in [6, 6.07) is 5.99. The van der Waals surface area contributed by atoms with E-state index in [4.69, 9.17) is 0 Å². The third-order valence-electron chi connectivity index (χ3n) is 3.10. The van der Waals surface area contributed by atoms with Crippen molar-refractivity contribution in [1.82, 2.24) is 15.0 Å². The van der Waals surface area contributed by atoms with Gasteiger partial charge in [0.15, 0.2) is 0 Å². The van der Waals surface area contributed by atoms with Crippen LogP contribution in [0.1, 0.15) is 37.9 Å². The summed E-state index contributed by atoms with van der Waals surface area (Å²) in [5, 5.41) is 6.42. The van der Waals surface area contributed by atoms with E-state index in [-0.39, 0.29) is 5.41 Å². The maximum atomic E-state index is 4.60. The average Bonchev–Trinajstić information content (AvgIpc) is 2.45. The lowest BCUT2D eigenvalue weighted by Gasteiger charge is -2.19. The van der Waals surface area contributed by atoms with Crippen LogP contribution in [0.2, 0.25) is 0 Å². The molecule has 0 radical (unpaired) electrons. The summed E-state index contributed by atoms with van der Waals surface area (Å²) >= 11 is 0. The van der Waals surface area contributed by atoms with Gasteiger partial charge < -0.3 is 10.6 Å². The lowest BCUT2D eigenvalue weighted by Crippen LogP contribution is -2.18. The number of hydrogen-bond donors (Lipinski definition) is 2. The maximum absolute atomic E-state index is 4.60. The molecule has 5 heteroatoms. The van der Waals surface area contributed by atoms with Crippen molar-refractivity contribution in [2.24, 2.45) is 0 Å². The monoisotopic (exact) mass is 285 g/mol. The fourth-order valence-electron chi connectivity index (χ4n) is 1.80. The molecule has 2 aromatic rings. The Morgan fingerprint density at radius 2 is 1.81 bits per heavy atom. The summed E-state index contributed by atoms with van der Waals surface area (Å²) in [7, 11) is 1.86. The van der Waals surface area contributed by atoms with E-state index in [0.717, 1.165) is 28.7 Å². The van der Waals surface area contributed by atoms with Gasteiger partial charge in [0.25, 0.3) is 0 Å². The molecule has 5 nitrogen and oxygen atoms in total. The Morgan fingerprint density at radius 1 is 1.10 bits per heavy atom. The largest absolute Gasteiger partial charge is 0.373 e. The van der Waals surface area contributed by atoms with Crippen molar-refractivity contribution in [3.63, 3.8) is 0 Å². The van der Waals surface area contributed by atoms with Gasteiger partial charge in [-0.1, -0.05) is 26.8 Å². The number of pyridine rings is 1. The molecule has 0 spiro atoms. The Labute approximate surface area is 126 Å². The number of hydrogen-bond acceptors (Lipinski definition) is 5. The van der Waals surface area contributed by atoms with Gasteiger partial charge in [-0.05, 0) is 18.6 Å². The second kappa shape index (κ2) is 6.08. The molecule has 112 valence electrons. The molecule has 21 heavy (non-hydrogen) atoms. The van der Waals surface area contributed by atoms with E-state index in [2.05, 4.69) is 52.4 Å². The first-order chi connectivity index (χ1) is 9.88. The number of nitrogens with one attached hydrogen (secondary N) is 2. The maximum Gasteiger partial charge on any atom is 0.138 e. The van der Waals surface area contributed by atoms with Gasteiger partial charge in [0.05, 0.1) is 0 Å². The number of aryl methyl sites for hydroxylation is 1. The molecule has 0 aliphatic rings. The lowest BCUT2D eigenvalue weighted by atomic mass is 9.96. The van der Waals surface area contributed by atoms with E-state index in [0.29, 0.717) is 6.54 Å². The van der Waals surface area contributed by atoms with E-state index in [9.17, 15) is 0 Å². The number of nitrogens with zero attached hydrogens (tertiary/aromatic N) is 3. The van der Waals surface area contributed by atoms with Crippen LogP contribution < -0.4 is 10.6 Å². The molecule has 0 atom stereocenters. The van der Waals surface area contributed by atoms with Gasteiger partial charge in [0, 0.05) is 37.0 Å². The zero-order valence-corrected chi connectivity index (χ0v) is 13.4.